The predicted molar refractivity (Wildman–Crippen MR) is 109 cm³/mol. The summed E-state index contributed by atoms with van der Waals surface area (Å²) in [7, 11) is 0. The molecule has 7 heteroatoms. The molecule has 3 N–H and O–H groups in total. The highest BCUT2D eigenvalue weighted by molar-refractivity contribution is 5.90. The normalized spacial score (nSPS) is 14.3. The maximum atomic E-state index is 12.0. The van der Waals surface area contributed by atoms with E-state index < -0.39 is 0 Å². The Hall–Kier alpha value is -2.96. The largest absolute Gasteiger partial charge is 0.338 e. The van der Waals surface area contributed by atoms with Gasteiger partial charge in [-0.05, 0) is 19.3 Å². The third kappa shape index (κ3) is 6.33. The van der Waals surface area contributed by atoms with Crippen molar-refractivity contribution in [2.75, 3.05) is 11.9 Å². The molecule has 1 aromatic carbocycles. The summed E-state index contributed by atoms with van der Waals surface area (Å²) in [5, 5.41) is 8.60. The van der Waals surface area contributed by atoms with Crippen molar-refractivity contribution in [3.63, 3.8) is 0 Å². The van der Waals surface area contributed by atoms with E-state index in [-0.39, 0.29) is 18.0 Å². The average Bonchev–Trinajstić information content (AvgIpc) is 2.73. The maximum Gasteiger partial charge on any atom is 0.315 e. The zero-order valence-electron chi connectivity index (χ0n) is 16.0. The second-order valence-corrected chi connectivity index (χ2v) is 7.05. The van der Waals surface area contributed by atoms with Crippen LogP contribution in [0.15, 0.2) is 42.7 Å². The Morgan fingerprint density at radius 2 is 1.71 bits per heavy atom. The molecule has 1 aliphatic rings. The van der Waals surface area contributed by atoms with E-state index in [0.29, 0.717) is 30.9 Å². The van der Waals surface area contributed by atoms with Crippen LogP contribution >= 0.6 is 0 Å². The van der Waals surface area contributed by atoms with Crippen LogP contribution in [0, 0.1) is 0 Å². The number of nitrogens with zero attached hydrogens (tertiary/aromatic N) is 2. The number of urea groups is 1. The minimum absolute atomic E-state index is 0.120. The van der Waals surface area contributed by atoms with Gasteiger partial charge in [-0.2, -0.15) is 0 Å². The highest BCUT2D eigenvalue weighted by atomic mass is 16.2. The molecule has 0 bridgehead atoms. The van der Waals surface area contributed by atoms with Crippen LogP contribution in [0.3, 0.4) is 0 Å². The minimum atomic E-state index is -0.141. The fourth-order valence-electron chi connectivity index (χ4n) is 3.29. The molecule has 0 unspecified atom stereocenters. The van der Waals surface area contributed by atoms with Gasteiger partial charge in [-0.3, -0.25) is 4.79 Å². The van der Waals surface area contributed by atoms with Gasteiger partial charge in [0.25, 0.3) is 0 Å². The number of amides is 3. The summed E-state index contributed by atoms with van der Waals surface area (Å²) < 4.78 is 0. The van der Waals surface area contributed by atoms with Crippen molar-refractivity contribution in [1.29, 1.82) is 0 Å². The smallest absolute Gasteiger partial charge is 0.315 e. The lowest BCUT2D eigenvalue weighted by atomic mass is 9.96. The van der Waals surface area contributed by atoms with E-state index in [4.69, 9.17) is 0 Å². The number of anilines is 1. The van der Waals surface area contributed by atoms with Crippen molar-refractivity contribution in [1.82, 2.24) is 20.6 Å². The fraction of sp³-hybridized carbons (Fsp3) is 0.429. The number of carbonyl (C=O) groups excluding carboxylic acids is 2. The molecule has 28 heavy (non-hydrogen) atoms. The third-order valence-corrected chi connectivity index (χ3v) is 4.77. The number of aromatic nitrogens is 2. The summed E-state index contributed by atoms with van der Waals surface area (Å²) in [6.07, 6.45) is 9.84. The number of hydrogen-bond donors (Lipinski definition) is 3. The van der Waals surface area contributed by atoms with Crippen LogP contribution in [0.25, 0.3) is 11.4 Å². The summed E-state index contributed by atoms with van der Waals surface area (Å²) in [6.45, 7) is 0.468. The molecule has 0 radical (unpaired) electrons. The Morgan fingerprint density at radius 3 is 2.43 bits per heavy atom. The monoisotopic (exact) mass is 381 g/mol. The van der Waals surface area contributed by atoms with E-state index in [1.807, 2.05) is 30.3 Å². The molecule has 1 saturated carbocycles. The van der Waals surface area contributed by atoms with Gasteiger partial charge in [-0.1, -0.05) is 49.6 Å². The minimum Gasteiger partial charge on any atom is -0.338 e. The highest BCUT2D eigenvalue weighted by Gasteiger charge is 2.15. The van der Waals surface area contributed by atoms with Gasteiger partial charge in [0.1, 0.15) is 0 Å². The number of rotatable bonds is 7. The van der Waals surface area contributed by atoms with E-state index in [2.05, 4.69) is 25.9 Å². The van der Waals surface area contributed by atoms with E-state index in [1.165, 1.54) is 19.3 Å². The Kier molecular flexibility index (Phi) is 7.35. The Morgan fingerprint density at radius 1 is 1.00 bits per heavy atom. The Bertz CT molecular complexity index is 758. The Balaban J connectivity index is 1.33. The highest BCUT2D eigenvalue weighted by Crippen LogP contribution is 2.17. The quantitative estimate of drug-likeness (QED) is 0.640. The lowest BCUT2D eigenvalue weighted by Crippen LogP contribution is -2.43. The van der Waals surface area contributed by atoms with Crippen LogP contribution in [0.2, 0.25) is 0 Å². The molecule has 1 aromatic heterocycles. The van der Waals surface area contributed by atoms with Crippen LogP contribution in [0.5, 0.6) is 0 Å². The maximum absolute atomic E-state index is 12.0. The molecule has 0 saturated heterocycles. The molecule has 0 spiro atoms. The van der Waals surface area contributed by atoms with Gasteiger partial charge in [-0.25, -0.2) is 14.8 Å². The first kappa shape index (κ1) is 19.8. The number of hydrogen-bond acceptors (Lipinski definition) is 4. The molecular formula is C21H27N5O2. The second kappa shape index (κ2) is 10.4. The predicted octanol–water partition coefficient (Wildman–Crippen LogP) is 3.49. The number of nitrogens with one attached hydrogen (secondary N) is 3. The zero-order chi connectivity index (χ0) is 19.6. The van der Waals surface area contributed by atoms with E-state index >= 15 is 0 Å². The molecule has 3 amide bonds. The summed E-state index contributed by atoms with van der Waals surface area (Å²) in [6, 6.07) is 9.81. The third-order valence-electron chi connectivity index (χ3n) is 4.77. The van der Waals surface area contributed by atoms with E-state index in [0.717, 1.165) is 18.4 Å². The van der Waals surface area contributed by atoms with Gasteiger partial charge in [0.2, 0.25) is 5.91 Å². The summed E-state index contributed by atoms with van der Waals surface area (Å²) in [5.41, 5.74) is 1.49. The van der Waals surface area contributed by atoms with Gasteiger partial charge in [-0.15, -0.1) is 0 Å². The lowest BCUT2D eigenvalue weighted by molar-refractivity contribution is -0.116. The van der Waals surface area contributed by atoms with Crippen molar-refractivity contribution in [3.05, 3.63) is 42.7 Å². The molecule has 1 heterocycles. The summed E-state index contributed by atoms with van der Waals surface area (Å²) in [5.74, 6) is 0.498. The molecule has 2 aromatic rings. The number of carbonyl (C=O) groups is 2. The molecule has 0 atom stereocenters. The van der Waals surface area contributed by atoms with Crippen LogP contribution in [-0.2, 0) is 4.79 Å². The molecule has 148 valence electrons. The van der Waals surface area contributed by atoms with Crippen LogP contribution < -0.4 is 16.0 Å². The van der Waals surface area contributed by atoms with Gasteiger partial charge in [0, 0.05) is 24.6 Å². The average molecular weight is 381 g/mol. The molecule has 0 aliphatic heterocycles. The molecule has 3 rings (SSSR count). The van der Waals surface area contributed by atoms with E-state index in [1.54, 1.807) is 12.4 Å². The van der Waals surface area contributed by atoms with Gasteiger partial charge in [0.15, 0.2) is 5.82 Å². The fourth-order valence-corrected chi connectivity index (χ4v) is 3.29. The first-order valence-corrected chi connectivity index (χ1v) is 9.92. The van der Waals surface area contributed by atoms with Crippen molar-refractivity contribution in [3.8, 4) is 11.4 Å². The Labute approximate surface area is 165 Å². The SMILES string of the molecule is O=C(CCCNC(=O)NC1CCCCC1)Nc1cnc(-c2ccccc2)nc1. The van der Waals surface area contributed by atoms with Crippen molar-refractivity contribution >= 4 is 17.6 Å². The van der Waals surface area contributed by atoms with Crippen molar-refractivity contribution in [2.24, 2.45) is 0 Å². The molecule has 1 fully saturated rings. The van der Waals surface area contributed by atoms with Crippen molar-refractivity contribution < 1.29 is 9.59 Å². The second-order valence-electron chi connectivity index (χ2n) is 7.05. The van der Waals surface area contributed by atoms with E-state index in [9.17, 15) is 9.59 Å². The first-order chi connectivity index (χ1) is 13.7. The topological polar surface area (TPSA) is 96.0 Å². The zero-order valence-corrected chi connectivity index (χ0v) is 16.0. The summed E-state index contributed by atoms with van der Waals surface area (Å²) in [4.78, 5) is 32.5. The lowest BCUT2D eigenvalue weighted by Gasteiger charge is -2.22. The first-order valence-electron chi connectivity index (χ1n) is 9.92. The standard InChI is InChI=1S/C21H27N5O2/c27-19(12-7-13-22-21(28)26-17-10-5-2-6-11-17)25-18-14-23-20(24-15-18)16-8-3-1-4-9-16/h1,3-4,8-9,14-15,17H,2,5-7,10-13H2,(H,25,27)(H2,22,26,28). The molecule has 7 nitrogen and oxygen atoms in total. The van der Waals surface area contributed by atoms with Crippen molar-refractivity contribution in [2.45, 2.75) is 51.0 Å². The summed E-state index contributed by atoms with van der Waals surface area (Å²) >= 11 is 0. The van der Waals surface area contributed by atoms with Crippen LogP contribution in [-0.4, -0.2) is 34.5 Å². The molecular weight excluding hydrogens is 354 g/mol. The number of benzene rings is 1. The molecule has 1 aliphatic carbocycles. The van der Waals surface area contributed by atoms with Gasteiger partial charge < -0.3 is 16.0 Å². The van der Waals surface area contributed by atoms with Gasteiger partial charge in [0.05, 0.1) is 18.1 Å². The van der Waals surface area contributed by atoms with Crippen LogP contribution in [0.4, 0.5) is 10.5 Å². The van der Waals surface area contributed by atoms with Gasteiger partial charge >= 0.3 is 6.03 Å². The van der Waals surface area contributed by atoms with Crippen LogP contribution in [0.1, 0.15) is 44.9 Å².